The highest BCUT2D eigenvalue weighted by Crippen LogP contribution is 2.65. The van der Waals surface area contributed by atoms with E-state index in [-0.39, 0.29) is 0 Å². The molecular formula is C61H40N2O2. The van der Waals surface area contributed by atoms with Gasteiger partial charge in [0.2, 0.25) is 0 Å². The van der Waals surface area contributed by atoms with Crippen molar-refractivity contribution in [1.82, 2.24) is 0 Å². The maximum Gasteiger partial charge on any atom is 0.178 e. The van der Waals surface area contributed by atoms with Crippen molar-refractivity contribution in [2.75, 3.05) is 9.80 Å². The second-order valence-electron chi connectivity index (χ2n) is 16.9. The number of hydrogen-bond acceptors (Lipinski definition) is 4. The van der Waals surface area contributed by atoms with Crippen LogP contribution in [0.25, 0.3) is 44.0 Å². The molecule has 1 unspecified atom stereocenters. The van der Waals surface area contributed by atoms with E-state index in [1.54, 1.807) is 0 Å². The first-order valence-corrected chi connectivity index (χ1v) is 22.2. The molecule has 65 heavy (non-hydrogen) atoms. The Morgan fingerprint density at radius 3 is 1.48 bits per heavy atom. The molecular weight excluding hydrogens is 793 g/mol. The lowest BCUT2D eigenvalue weighted by molar-refractivity contribution is 0.389. The third kappa shape index (κ3) is 5.77. The summed E-state index contributed by atoms with van der Waals surface area (Å²) < 4.78 is 14.1. The third-order valence-corrected chi connectivity index (χ3v) is 13.2. The van der Waals surface area contributed by atoms with Crippen LogP contribution >= 0.6 is 0 Å². The Morgan fingerprint density at radius 2 is 0.831 bits per heavy atom. The van der Waals surface area contributed by atoms with Gasteiger partial charge in [-0.05, 0) is 141 Å². The number of fused-ring (bicyclic) bond motifs is 12. The number of hydrogen-bond donors (Lipinski definition) is 0. The Morgan fingerprint density at radius 1 is 0.338 bits per heavy atom. The molecule has 4 heteroatoms. The van der Waals surface area contributed by atoms with Crippen LogP contribution in [0.3, 0.4) is 0 Å². The van der Waals surface area contributed by atoms with E-state index in [0.29, 0.717) is 0 Å². The summed E-state index contributed by atoms with van der Waals surface area (Å²) in [5.74, 6) is 2.35. The highest BCUT2D eigenvalue weighted by atomic mass is 16.5. The number of para-hydroxylation sites is 5. The second-order valence-corrected chi connectivity index (χ2v) is 16.9. The molecule has 306 valence electrons. The topological polar surface area (TPSA) is 28.9 Å². The second kappa shape index (κ2) is 14.8. The van der Waals surface area contributed by atoms with Crippen molar-refractivity contribution in [3.63, 3.8) is 0 Å². The van der Waals surface area contributed by atoms with Gasteiger partial charge in [0, 0.05) is 39.7 Å². The van der Waals surface area contributed by atoms with Crippen molar-refractivity contribution in [1.29, 1.82) is 0 Å². The lowest BCUT2D eigenvalue weighted by atomic mass is 9.68. The van der Waals surface area contributed by atoms with E-state index in [1.807, 2.05) is 12.1 Å². The van der Waals surface area contributed by atoms with Crippen LogP contribution in [0.5, 0.6) is 11.5 Å². The number of anilines is 6. The molecule has 1 aliphatic carbocycles. The van der Waals surface area contributed by atoms with Crippen molar-refractivity contribution in [2.24, 2.45) is 0 Å². The van der Waals surface area contributed by atoms with E-state index in [2.05, 4.69) is 240 Å². The number of benzene rings is 10. The highest BCUT2D eigenvalue weighted by molar-refractivity contribution is 5.97. The molecule has 1 spiro atoms. The Bertz CT molecular complexity index is 3550. The molecule has 0 fully saturated rings. The minimum absolute atomic E-state index is 0.751. The van der Waals surface area contributed by atoms with Crippen LogP contribution in [0.4, 0.5) is 34.1 Å². The van der Waals surface area contributed by atoms with Crippen LogP contribution in [-0.2, 0) is 5.41 Å². The predicted octanol–water partition coefficient (Wildman–Crippen LogP) is 16.7. The monoisotopic (exact) mass is 832 g/mol. The molecule has 10 aromatic carbocycles. The zero-order chi connectivity index (χ0) is 42.9. The fourth-order valence-electron chi connectivity index (χ4n) is 10.4. The average molecular weight is 833 g/mol. The van der Waals surface area contributed by atoms with Gasteiger partial charge in [0.05, 0.1) is 5.39 Å². The molecule has 1 atom stereocenters. The van der Waals surface area contributed by atoms with Crippen LogP contribution < -0.4 is 14.5 Å². The molecule has 2 aliphatic rings. The molecule has 0 radical (unpaired) electrons. The number of rotatable bonds is 7. The molecule has 0 saturated heterocycles. The van der Waals surface area contributed by atoms with Gasteiger partial charge >= 0.3 is 0 Å². The normalized spacial score (nSPS) is 14.3. The van der Waals surface area contributed by atoms with Crippen molar-refractivity contribution in [2.45, 2.75) is 5.41 Å². The van der Waals surface area contributed by atoms with E-state index in [4.69, 9.17) is 9.15 Å². The first-order chi connectivity index (χ1) is 32.2. The molecule has 4 nitrogen and oxygen atoms in total. The first-order valence-electron chi connectivity index (χ1n) is 22.2. The SMILES string of the molecule is c1ccc(-c2ccc3cc(N(c4ccccc4)c4ccc5c(c4)C4(c6ccccc6Oc6c4oc4ccccc64)c4cc(N(c6ccccc6)c6ccccc6)ccc4-5)ccc3c2)cc1. The standard InChI is InChI=1S/C61H40N2O2/c1-5-17-41(18-6-1)42-29-30-44-38-48(32-31-43(44)37-42)63(47-23-11-4-12-24-47)50-34-36-52-51-35-33-49(62(45-19-7-2-8-20-45)46-21-9-3-10-22-46)39-55(51)61(56(52)40-50)54-26-14-16-28-58(54)64-59-53-25-13-15-27-57(53)65-60(59)61/h1-40H. The van der Waals surface area contributed by atoms with E-state index >= 15 is 0 Å². The molecule has 0 bridgehead atoms. The predicted molar refractivity (Wildman–Crippen MR) is 266 cm³/mol. The molecule has 1 aromatic heterocycles. The molecule has 13 rings (SSSR count). The van der Waals surface area contributed by atoms with Crippen molar-refractivity contribution >= 4 is 55.9 Å². The van der Waals surface area contributed by atoms with Crippen LogP contribution in [-0.4, -0.2) is 0 Å². The smallest absolute Gasteiger partial charge is 0.178 e. The molecule has 11 aromatic rings. The number of nitrogens with zero attached hydrogens (tertiary/aromatic N) is 2. The maximum atomic E-state index is 7.18. The molecule has 0 saturated carbocycles. The van der Waals surface area contributed by atoms with Crippen molar-refractivity contribution < 1.29 is 9.15 Å². The van der Waals surface area contributed by atoms with Crippen molar-refractivity contribution in [3.05, 3.63) is 265 Å². The number of ether oxygens (including phenoxy) is 1. The molecule has 1 aliphatic heterocycles. The summed E-state index contributed by atoms with van der Waals surface area (Å²) >= 11 is 0. The number of furan rings is 1. The summed E-state index contributed by atoms with van der Waals surface area (Å²) in [6, 6.07) is 86.7. The first kappa shape index (κ1) is 37.0. The largest absolute Gasteiger partial charge is 0.455 e. The van der Waals surface area contributed by atoms with Gasteiger partial charge in [0.25, 0.3) is 0 Å². The molecule has 2 heterocycles. The quantitative estimate of drug-likeness (QED) is 0.160. The van der Waals surface area contributed by atoms with Gasteiger partial charge in [-0.15, -0.1) is 0 Å². The zero-order valence-corrected chi connectivity index (χ0v) is 35.3. The third-order valence-electron chi connectivity index (χ3n) is 13.2. The fraction of sp³-hybridized carbons (Fsp3) is 0.0164. The summed E-state index contributed by atoms with van der Waals surface area (Å²) in [6.07, 6.45) is 0. The van der Waals surface area contributed by atoms with Crippen LogP contribution in [0, 0.1) is 0 Å². The minimum atomic E-state index is -0.876. The van der Waals surface area contributed by atoms with Gasteiger partial charge in [-0.25, -0.2) is 0 Å². The molecule has 0 N–H and O–H groups in total. The summed E-state index contributed by atoms with van der Waals surface area (Å²) in [7, 11) is 0. The summed E-state index contributed by atoms with van der Waals surface area (Å²) in [5, 5.41) is 3.32. The summed E-state index contributed by atoms with van der Waals surface area (Å²) in [4.78, 5) is 4.72. The fourth-order valence-corrected chi connectivity index (χ4v) is 10.4. The van der Waals surface area contributed by atoms with Crippen LogP contribution in [0.2, 0.25) is 0 Å². The van der Waals surface area contributed by atoms with Gasteiger partial charge in [-0.2, -0.15) is 0 Å². The van der Waals surface area contributed by atoms with E-state index in [1.165, 1.54) is 21.9 Å². The van der Waals surface area contributed by atoms with E-state index < -0.39 is 5.41 Å². The van der Waals surface area contributed by atoms with Crippen LogP contribution in [0.1, 0.15) is 22.5 Å². The van der Waals surface area contributed by atoms with E-state index in [0.717, 1.165) is 90.2 Å². The maximum absolute atomic E-state index is 7.18. The Hall–Kier alpha value is -8.60. The minimum Gasteiger partial charge on any atom is -0.455 e. The highest BCUT2D eigenvalue weighted by Gasteiger charge is 2.55. The van der Waals surface area contributed by atoms with Gasteiger partial charge < -0.3 is 19.0 Å². The van der Waals surface area contributed by atoms with Gasteiger partial charge in [0.15, 0.2) is 11.5 Å². The van der Waals surface area contributed by atoms with E-state index in [9.17, 15) is 0 Å². The molecule has 0 amide bonds. The van der Waals surface area contributed by atoms with Gasteiger partial charge in [-0.3, -0.25) is 0 Å². The lowest BCUT2D eigenvalue weighted by Gasteiger charge is -2.37. The van der Waals surface area contributed by atoms with Gasteiger partial charge in [0.1, 0.15) is 16.7 Å². The zero-order valence-electron chi connectivity index (χ0n) is 35.3. The van der Waals surface area contributed by atoms with Crippen molar-refractivity contribution in [3.8, 4) is 33.8 Å². The summed E-state index contributed by atoms with van der Waals surface area (Å²) in [6.45, 7) is 0. The average Bonchev–Trinajstić information content (AvgIpc) is 3.88. The Balaban J connectivity index is 1.06. The summed E-state index contributed by atoms with van der Waals surface area (Å²) in [5.41, 5.74) is 14.3. The Kier molecular flexibility index (Phi) is 8.40. The van der Waals surface area contributed by atoms with Gasteiger partial charge in [-0.1, -0.05) is 146 Å². The van der Waals surface area contributed by atoms with Crippen LogP contribution in [0.15, 0.2) is 247 Å². The lowest BCUT2D eigenvalue weighted by Crippen LogP contribution is -2.31. The Labute approximate surface area is 377 Å².